The van der Waals surface area contributed by atoms with Gasteiger partial charge in [-0.1, -0.05) is 18.2 Å². The van der Waals surface area contributed by atoms with Crippen molar-refractivity contribution in [1.82, 2.24) is 4.98 Å². The zero-order valence-corrected chi connectivity index (χ0v) is 16.8. The number of furan rings is 2. The third-order valence-electron chi connectivity index (χ3n) is 5.00. The van der Waals surface area contributed by atoms with Crippen LogP contribution in [0, 0.1) is 13.8 Å². The zero-order valence-electron chi connectivity index (χ0n) is 16.8. The highest BCUT2D eigenvalue weighted by atomic mass is 16.5. The van der Waals surface area contributed by atoms with Crippen LogP contribution in [0.4, 0.5) is 0 Å². The minimum Gasteiger partial charge on any atom is -0.493 e. The second kappa shape index (κ2) is 7.59. The second-order valence-electron chi connectivity index (χ2n) is 7.21. The normalized spacial score (nSPS) is 11.3. The molecule has 0 aliphatic rings. The molecule has 0 amide bonds. The molecule has 0 saturated heterocycles. The van der Waals surface area contributed by atoms with E-state index >= 15 is 0 Å². The Morgan fingerprint density at radius 2 is 1.70 bits per heavy atom. The number of rotatable bonds is 6. The number of benzene rings is 2. The number of hydrogen-bond acceptors (Lipinski definition) is 5. The average Bonchev–Trinajstić information content (AvgIpc) is 3.47. The van der Waals surface area contributed by atoms with Gasteiger partial charge in [0.25, 0.3) is 0 Å². The molecule has 5 rings (SSSR count). The molecule has 0 saturated carbocycles. The van der Waals surface area contributed by atoms with Crippen LogP contribution in [0.3, 0.4) is 0 Å². The third-order valence-corrected chi connectivity index (χ3v) is 5.00. The van der Waals surface area contributed by atoms with Crippen LogP contribution in [0.1, 0.15) is 17.2 Å². The van der Waals surface area contributed by atoms with Gasteiger partial charge in [-0.25, -0.2) is 4.98 Å². The highest BCUT2D eigenvalue weighted by Gasteiger charge is 2.13. The fraction of sp³-hybridized carbons (Fsp3) is 0.160. The number of hydrogen-bond donors (Lipinski definition) is 0. The van der Waals surface area contributed by atoms with Crippen LogP contribution >= 0.6 is 0 Å². The molecule has 3 aromatic heterocycles. The summed E-state index contributed by atoms with van der Waals surface area (Å²) in [4.78, 5) is 4.62. The lowest BCUT2D eigenvalue weighted by Crippen LogP contribution is -2.02. The fourth-order valence-electron chi connectivity index (χ4n) is 3.42. The summed E-state index contributed by atoms with van der Waals surface area (Å²) in [6.45, 7) is 4.34. The van der Waals surface area contributed by atoms with Crippen molar-refractivity contribution in [2.24, 2.45) is 0 Å². The maximum absolute atomic E-state index is 5.94. The van der Waals surface area contributed by atoms with Crippen LogP contribution in [0.25, 0.3) is 33.9 Å². The van der Waals surface area contributed by atoms with E-state index in [0.717, 1.165) is 45.3 Å². The number of oxazole rings is 1. The van der Waals surface area contributed by atoms with Crippen LogP contribution in [-0.2, 0) is 6.42 Å². The zero-order chi connectivity index (χ0) is 20.5. The Kier molecular flexibility index (Phi) is 4.64. The third kappa shape index (κ3) is 3.62. The Hall–Kier alpha value is -3.73. The molecule has 0 N–H and O–H groups in total. The molecule has 5 nitrogen and oxygen atoms in total. The summed E-state index contributed by atoms with van der Waals surface area (Å²) in [5.41, 5.74) is 2.64. The highest BCUT2D eigenvalue weighted by molar-refractivity contribution is 5.83. The monoisotopic (exact) mass is 399 g/mol. The van der Waals surface area contributed by atoms with E-state index < -0.39 is 0 Å². The molecule has 2 aromatic carbocycles. The molecular formula is C25H21NO4. The van der Waals surface area contributed by atoms with E-state index in [2.05, 4.69) is 4.98 Å². The molecule has 0 atom stereocenters. The molecule has 0 bridgehead atoms. The number of fused-ring (bicyclic) bond motifs is 1. The second-order valence-corrected chi connectivity index (χ2v) is 7.21. The molecule has 30 heavy (non-hydrogen) atoms. The lowest BCUT2D eigenvalue weighted by atomic mass is 10.2. The number of aryl methyl sites for hydroxylation is 2. The van der Waals surface area contributed by atoms with Gasteiger partial charge in [0.1, 0.15) is 22.9 Å². The number of nitrogens with zero attached hydrogens (tertiary/aromatic N) is 1. The van der Waals surface area contributed by atoms with Crippen LogP contribution in [-0.4, -0.2) is 11.6 Å². The summed E-state index contributed by atoms with van der Waals surface area (Å²) in [5, 5.41) is 1.01. The largest absolute Gasteiger partial charge is 0.493 e. The van der Waals surface area contributed by atoms with E-state index in [9.17, 15) is 0 Å². The predicted octanol–water partition coefficient (Wildman–Crippen LogP) is 6.59. The predicted molar refractivity (Wildman–Crippen MR) is 115 cm³/mol. The van der Waals surface area contributed by atoms with Crippen molar-refractivity contribution in [1.29, 1.82) is 0 Å². The van der Waals surface area contributed by atoms with Gasteiger partial charge in [-0.05, 0) is 56.3 Å². The number of ether oxygens (including phenoxy) is 1. The summed E-state index contributed by atoms with van der Waals surface area (Å²) in [6.07, 6.45) is 0.662. The smallest absolute Gasteiger partial charge is 0.226 e. The maximum Gasteiger partial charge on any atom is 0.226 e. The van der Waals surface area contributed by atoms with Gasteiger partial charge in [-0.2, -0.15) is 0 Å². The van der Waals surface area contributed by atoms with Crippen molar-refractivity contribution in [3.8, 4) is 28.7 Å². The van der Waals surface area contributed by atoms with E-state index in [1.54, 1.807) is 0 Å². The average molecular weight is 399 g/mol. The Labute approximate surface area is 173 Å². The maximum atomic E-state index is 5.94. The van der Waals surface area contributed by atoms with E-state index in [1.165, 1.54) is 0 Å². The first-order valence-corrected chi connectivity index (χ1v) is 9.91. The topological polar surface area (TPSA) is 61.5 Å². The Bertz CT molecular complexity index is 1290. The van der Waals surface area contributed by atoms with Gasteiger partial charge in [0.15, 0.2) is 11.5 Å². The van der Waals surface area contributed by atoms with E-state index in [0.29, 0.717) is 24.7 Å². The molecule has 150 valence electrons. The van der Waals surface area contributed by atoms with Crippen LogP contribution in [0.2, 0.25) is 0 Å². The highest BCUT2D eigenvalue weighted by Crippen LogP contribution is 2.31. The molecule has 0 radical (unpaired) electrons. The van der Waals surface area contributed by atoms with E-state index in [4.69, 9.17) is 18.0 Å². The van der Waals surface area contributed by atoms with Crippen LogP contribution in [0.5, 0.6) is 5.75 Å². The number of aromatic nitrogens is 1. The Balaban J connectivity index is 1.27. The van der Waals surface area contributed by atoms with Gasteiger partial charge in [0, 0.05) is 23.4 Å². The summed E-state index contributed by atoms with van der Waals surface area (Å²) >= 11 is 0. The van der Waals surface area contributed by atoms with Crippen molar-refractivity contribution >= 4 is 11.0 Å². The van der Waals surface area contributed by atoms with Gasteiger partial charge < -0.3 is 18.0 Å². The van der Waals surface area contributed by atoms with Gasteiger partial charge in [0.2, 0.25) is 5.89 Å². The Morgan fingerprint density at radius 3 is 2.50 bits per heavy atom. The van der Waals surface area contributed by atoms with Crippen LogP contribution < -0.4 is 4.74 Å². The van der Waals surface area contributed by atoms with Gasteiger partial charge in [0.05, 0.1) is 12.3 Å². The molecular weight excluding hydrogens is 378 g/mol. The minimum atomic E-state index is 0.498. The molecule has 0 aliphatic heterocycles. The minimum absolute atomic E-state index is 0.498. The van der Waals surface area contributed by atoms with Crippen molar-refractivity contribution in [2.75, 3.05) is 6.61 Å². The standard InChI is InChI=1S/C25H21NO4/c1-16-8-11-22(28-16)24-14-19-9-10-20(15-23(19)30-24)27-13-12-21-17(2)29-25(26-21)18-6-4-3-5-7-18/h3-11,14-15H,12-13H2,1-2H3. The molecule has 3 heterocycles. The van der Waals surface area contributed by atoms with Crippen molar-refractivity contribution in [3.63, 3.8) is 0 Å². The molecule has 0 fully saturated rings. The Morgan fingerprint density at radius 1 is 0.833 bits per heavy atom. The summed E-state index contributed by atoms with van der Waals surface area (Å²) in [6, 6.07) is 21.5. The van der Waals surface area contributed by atoms with Gasteiger partial charge >= 0.3 is 0 Å². The quantitative estimate of drug-likeness (QED) is 0.322. The molecule has 0 aliphatic carbocycles. The van der Waals surface area contributed by atoms with Crippen molar-refractivity contribution in [3.05, 3.63) is 83.9 Å². The lowest BCUT2D eigenvalue weighted by molar-refractivity contribution is 0.320. The molecule has 0 spiro atoms. The van der Waals surface area contributed by atoms with Crippen molar-refractivity contribution < 1.29 is 18.0 Å². The fourth-order valence-corrected chi connectivity index (χ4v) is 3.42. The van der Waals surface area contributed by atoms with E-state index in [-0.39, 0.29) is 0 Å². The first-order valence-electron chi connectivity index (χ1n) is 9.91. The first kappa shape index (κ1) is 18.3. The van der Waals surface area contributed by atoms with Crippen molar-refractivity contribution in [2.45, 2.75) is 20.3 Å². The van der Waals surface area contributed by atoms with Gasteiger partial charge in [-0.3, -0.25) is 0 Å². The van der Waals surface area contributed by atoms with Crippen LogP contribution in [0.15, 0.2) is 80.0 Å². The SMILES string of the molecule is Cc1ccc(-c2cc3ccc(OCCc4nc(-c5ccccc5)oc4C)cc3o2)o1. The molecule has 5 aromatic rings. The molecule has 5 heteroatoms. The van der Waals surface area contributed by atoms with E-state index in [1.807, 2.05) is 80.6 Å². The van der Waals surface area contributed by atoms with Gasteiger partial charge in [-0.15, -0.1) is 0 Å². The molecule has 0 unspecified atom stereocenters. The summed E-state index contributed by atoms with van der Waals surface area (Å²) in [7, 11) is 0. The summed E-state index contributed by atoms with van der Waals surface area (Å²) in [5.74, 6) is 4.50. The first-order chi connectivity index (χ1) is 14.7. The summed E-state index contributed by atoms with van der Waals surface area (Å²) < 4.78 is 23.3. The lowest BCUT2D eigenvalue weighted by Gasteiger charge is -2.04.